The van der Waals surface area contributed by atoms with Gasteiger partial charge in [-0.2, -0.15) is 0 Å². The van der Waals surface area contributed by atoms with Gasteiger partial charge in [0.1, 0.15) is 24.4 Å². The molecule has 0 spiro atoms. The Kier molecular flexibility index (Phi) is 6.29. The van der Waals surface area contributed by atoms with Crippen molar-refractivity contribution in [3.8, 4) is 5.75 Å². The Labute approximate surface area is 184 Å². The molecule has 3 rings (SSSR count). The summed E-state index contributed by atoms with van der Waals surface area (Å²) in [4.78, 5) is 49.8. The third-order valence-electron chi connectivity index (χ3n) is 4.89. The van der Waals surface area contributed by atoms with Crippen LogP contribution in [0.25, 0.3) is 0 Å². The third-order valence-corrected chi connectivity index (χ3v) is 4.89. The minimum Gasteiger partial charge on any atom is -0.489 e. The van der Waals surface area contributed by atoms with Crippen molar-refractivity contribution in [1.82, 2.24) is 10.2 Å². The first-order valence-corrected chi connectivity index (χ1v) is 9.75. The number of anilines is 1. The number of hydrogen-bond donors (Lipinski definition) is 3. The van der Waals surface area contributed by atoms with Crippen LogP contribution in [0.1, 0.15) is 29.8 Å². The second kappa shape index (κ2) is 8.93. The Hall–Kier alpha value is -4.14. The molecule has 4 amide bonds. The second-order valence-corrected chi connectivity index (χ2v) is 7.65. The van der Waals surface area contributed by atoms with Crippen molar-refractivity contribution in [2.75, 3.05) is 18.5 Å². The van der Waals surface area contributed by atoms with Crippen LogP contribution >= 0.6 is 0 Å². The van der Waals surface area contributed by atoms with Gasteiger partial charge in [0.2, 0.25) is 5.91 Å². The van der Waals surface area contributed by atoms with Crippen molar-refractivity contribution in [2.24, 2.45) is 0 Å². The fourth-order valence-electron chi connectivity index (χ4n) is 3.20. The maximum absolute atomic E-state index is 13.0. The number of carboxylic acids is 1. The summed E-state index contributed by atoms with van der Waals surface area (Å²) >= 11 is 0. The van der Waals surface area contributed by atoms with Gasteiger partial charge in [0.15, 0.2) is 0 Å². The lowest BCUT2D eigenvalue weighted by Gasteiger charge is -2.22. The maximum atomic E-state index is 13.0. The molecular formula is C23H23N3O6. The molecule has 1 heterocycles. The summed E-state index contributed by atoms with van der Waals surface area (Å²) in [7, 11) is 0. The van der Waals surface area contributed by atoms with Crippen LogP contribution in [-0.4, -0.2) is 47.0 Å². The van der Waals surface area contributed by atoms with Crippen LogP contribution in [-0.2, 0) is 15.1 Å². The molecule has 0 bridgehead atoms. The van der Waals surface area contributed by atoms with E-state index in [1.54, 1.807) is 31.2 Å². The average Bonchev–Trinajstić information content (AvgIpc) is 2.96. The van der Waals surface area contributed by atoms with Crippen LogP contribution < -0.4 is 15.4 Å². The van der Waals surface area contributed by atoms with Gasteiger partial charge in [-0.25, -0.2) is 9.59 Å². The zero-order valence-electron chi connectivity index (χ0n) is 17.7. The van der Waals surface area contributed by atoms with Crippen LogP contribution in [0.3, 0.4) is 0 Å². The summed E-state index contributed by atoms with van der Waals surface area (Å²) in [6.07, 6.45) is 0. The zero-order chi connectivity index (χ0) is 23.5. The van der Waals surface area contributed by atoms with Crippen molar-refractivity contribution in [2.45, 2.75) is 19.4 Å². The number of benzene rings is 2. The number of hydrogen-bond acceptors (Lipinski definition) is 5. The third kappa shape index (κ3) is 4.77. The first-order chi connectivity index (χ1) is 15.1. The second-order valence-electron chi connectivity index (χ2n) is 7.65. The predicted octanol–water partition coefficient (Wildman–Crippen LogP) is 2.75. The van der Waals surface area contributed by atoms with Gasteiger partial charge in [-0.1, -0.05) is 24.8 Å². The van der Waals surface area contributed by atoms with E-state index >= 15 is 0 Å². The molecule has 0 aliphatic carbocycles. The molecule has 32 heavy (non-hydrogen) atoms. The number of carbonyl (C=O) groups excluding carboxylic acids is 3. The highest BCUT2D eigenvalue weighted by atomic mass is 16.5. The molecular weight excluding hydrogens is 414 g/mol. The Bertz CT molecular complexity index is 1100. The number of urea groups is 1. The lowest BCUT2D eigenvalue weighted by molar-refractivity contribution is -0.133. The van der Waals surface area contributed by atoms with E-state index in [9.17, 15) is 19.2 Å². The van der Waals surface area contributed by atoms with E-state index in [1.807, 2.05) is 6.92 Å². The summed E-state index contributed by atoms with van der Waals surface area (Å²) < 4.78 is 5.55. The molecule has 2 aromatic rings. The number of carboxylic acid groups (broad SMARTS) is 1. The van der Waals surface area contributed by atoms with Crippen LogP contribution in [0.4, 0.5) is 10.5 Å². The highest BCUT2D eigenvalue weighted by Crippen LogP contribution is 2.30. The summed E-state index contributed by atoms with van der Waals surface area (Å²) in [5.74, 6) is -1.75. The van der Waals surface area contributed by atoms with Crippen LogP contribution in [0.15, 0.2) is 60.7 Å². The van der Waals surface area contributed by atoms with Crippen LogP contribution in [0.2, 0.25) is 0 Å². The molecule has 0 saturated carbocycles. The van der Waals surface area contributed by atoms with Crippen molar-refractivity contribution >= 4 is 29.5 Å². The summed E-state index contributed by atoms with van der Waals surface area (Å²) in [5.41, 5.74) is 0.308. The van der Waals surface area contributed by atoms with Gasteiger partial charge < -0.3 is 20.5 Å². The van der Waals surface area contributed by atoms with E-state index < -0.39 is 35.9 Å². The summed E-state index contributed by atoms with van der Waals surface area (Å²) in [6, 6.07) is 11.7. The van der Waals surface area contributed by atoms with Crippen LogP contribution in [0, 0.1) is 0 Å². The number of imide groups is 1. The van der Waals surface area contributed by atoms with E-state index in [2.05, 4.69) is 17.2 Å². The summed E-state index contributed by atoms with van der Waals surface area (Å²) in [5, 5.41) is 14.2. The molecule has 9 heteroatoms. The van der Waals surface area contributed by atoms with E-state index in [4.69, 9.17) is 9.84 Å². The molecule has 1 unspecified atom stereocenters. The Morgan fingerprint density at radius 3 is 2.50 bits per heavy atom. The molecule has 9 nitrogen and oxygen atoms in total. The Balaban J connectivity index is 1.69. The molecule has 166 valence electrons. The van der Waals surface area contributed by atoms with Gasteiger partial charge in [0.25, 0.3) is 5.91 Å². The number of nitrogens with zero attached hydrogens (tertiary/aromatic N) is 1. The Morgan fingerprint density at radius 2 is 1.88 bits per heavy atom. The van der Waals surface area contributed by atoms with Gasteiger partial charge in [0, 0.05) is 5.69 Å². The largest absolute Gasteiger partial charge is 0.489 e. The van der Waals surface area contributed by atoms with Crippen molar-refractivity contribution in [3.05, 3.63) is 71.8 Å². The van der Waals surface area contributed by atoms with E-state index in [1.165, 1.54) is 24.3 Å². The standard InChI is InChI=1S/C23H23N3O6/c1-14(2)13-32-18-9-7-16(8-10-18)23(3)21(30)26(22(31)25-23)12-19(27)24-17-6-4-5-15(11-17)20(28)29/h4-11H,1,12-13H2,2-3H3,(H,24,27)(H,25,31)(H,28,29). The zero-order valence-corrected chi connectivity index (χ0v) is 17.7. The monoisotopic (exact) mass is 437 g/mol. The first-order valence-electron chi connectivity index (χ1n) is 9.75. The molecule has 1 fully saturated rings. The van der Waals surface area contributed by atoms with E-state index in [0.29, 0.717) is 17.9 Å². The first kappa shape index (κ1) is 22.5. The van der Waals surface area contributed by atoms with Crippen molar-refractivity contribution in [1.29, 1.82) is 0 Å². The highest BCUT2D eigenvalue weighted by molar-refractivity contribution is 6.10. The van der Waals surface area contributed by atoms with Gasteiger partial charge in [-0.05, 0) is 55.3 Å². The van der Waals surface area contributed by atoms with Crippen molar-refractivity contribution < 1.29 is 29.0 Å². The molecule has 2 aromatic carbocycles. The molecule has 1 aliphatic heterocycles. The minimum atomic E-state index is -1.34. The predicted molar refractivity (Wildman–Crippen MR) is 116 cm³/mol. The van der Waals surface area contributed by atoms with E-state index in [-0.39, 0.29) is 11.3 Å². The number of amides is 4. The molecule has 3 N–H and O–H groups in total. The SMILES string of the molecule is C=C(C)COc1ccc(C2(C)NC(=O)N(CC(=O)Nc3cccc(C(=O)O)c3)C2=O)cc1. The maximum Gasteiger partial charge on any atom is 0.335 e. The lowest BCUT2D eigenvalue weighted by Crippen LogP contribution is -2.42. The molecule has 1 saturated heterocycles. The molecule has 0 aromatic heterocycles. The minimum absolute atomic E-state index is 0.000967. The van der Waals surface area contributed by atoms with Crippen LogP contribution in [0.5, 0.6) is 5.75 Å². The van der Waals surface area contributed by atoms with Gasteiger partial charge in [0.05, 0.1) is 5.56 Å². The van der Waals surface area contributed by atoms with Gasteiger partial charge in [-0.15, -0.1) is 0 Å². The fourth-order valence-corrected chi connectivity index (χ4v) is 3.20. The number of rotatable bonds is 8. The van der Waals surface area contributed by atoms with E-state index in [0.717, 1.165) is 10.5 Å². The average molecular weight is 437 g/mol. The number of carbonyl (C=O) groups is 4. The number of aromatic carboxylic acids is 1. The topological polar surface area (TPSA) is 125 Å². The Morgan fingerprint density at radius 1 is 1.19 bits per heavy atom. The van der Waals surface area contributed by atoms with Gasteiger partial charge in [-0.3, -0.25) is 14.5 Å². The summed E-state index contributed by atoms with van der Waals surface area (Å²) in [6.45, 7) is 7.02. The van der Waals surface area contributed by atoms with Gasteiger partial charge >= 0.3 is 12.0 Å². The molecule has 0 radical (unpaired) electrons. The molecule has 1 atom stereocenters. The lowest BCUT2D eigenvalue weighted by atomic mass is 9.92. The fraction of sp³-hybridized carbons (Fsp3) is 0.217. The quantitative estimate of drug-likeness (QED) is 0.431. The highest BCUT2D eigenvalue weighted by Gasteiger charge is 2.49. The molecule has 1 aliphatic rings. The number of ether oxygens (including phenoxy) is 1. The smallest absolute Gasteiger partial charge is 0.335 e. The number of nitrogens with one attached hydrogen (secondary N) is 2. The van der Waals surface area contributed by atoms with Crippen molar-refractivity contribution in [3.63, 3.8) is 0 Å². The normalized spacial score (nSPS) is 17.6.